The number of halogens is 3. The standard InChI is InChI=1S/C29H27ClF2/c1-2-3-20-4-6-21(7-5-20)8-9-22-11-16-26-25(18-22)15-14-24(29(26)32)13-10-23-12-17-27(30)28(31)19-23/h4-7,11-12,14-19H,2-3,8-10,13H2,1H3. The minimum absolute atomic E-state index is 0.106. The summed E-state index contributed by atoms with van der Waals surface area (Å²) < 4.78 is 28.7. The average Bonchev–Trinajstić information content (AvgIpc) is 2.80. The predicted octanol–water partition coefficient (Wildman–Crippen LogP) is 8.29. The van der Waals surface area contributed by atoms with E-state index in [1.807, 2.05) is 24.3 Å². The lowest BCUT2D eigenvalue weighted by Crippen LogP contribution is -1.97. The Morgan fingerprint density at radius 3 is 1.94 bits per heavy atom. The Morgan fingerprint density at radius 1 is 0.625 bits per heavy atom. The van der Waals surface area contributed by atoms with Crippen LogP contribution in [0.5, 0.6) is 0 Å². The van der Waals surface area contributed by atoms with Crippen LogP contribution in [0.25, 0.3) is 10.8 Å². The van der Waals surface area contributed by atoms with Crippen molar-refractivity contribution in [3.05, 3.63) is 117 Å². The molecule has 0 unspecified atom stereocenters. The highest BCUT2D eigenvalue weighted by Gasteiger charge is 2.10. The molecule has 4 rings (SSSR count). The smallest absolute Gasteiger partial charge is 0.142 e. The van der Waals surface area contributed by atoms with Crippen molar-refractivity contribution in [3.63, 3.8) is 0 Å². The lowest BCUT2D eigenvalue weighted by molar-refractivity contribution is 0.617. The number of hydrogen-bond acceptors (Lipinski definition) is 0. The molecule has 0 aromatic heterocycles. The zero-order valence-electron chi connectivity index (χ0n) is 18.3. The van der Waals surface area contributed by atoms with Crippen LogP contribution in [0.15, 0.2) is 72.8 Å². The van der Waals surface area contributed by atoms with Crippen LogP contribution in [0.1, 0.15) is 41.2 Å². The molecule has 0 bridgehead atoms. The summed E-state index contributed by atoms with van der Waals surface area (Å²) in [6.07, 6.45) is 5.25. The molecule has 0 fully saturated rings. The van der Waals surface area contributed by atoms with Gasteiger partial charge in [0.1, 0.15) is 11.6 Å². The highest BCUT2D eigenvalue weighted by atomic mass is 35.5. The fraction of sp³-hybridized carbons (Fsp3) is 0.241. The zero-order valence-corrected chi connectivity index (χ0v) is 19.1. The van der Waals surface area contributed by atoms with Gasteiger partial charge in [-0.25, -0.2) is 8.78 Å². The van der Waals surface area contributed by atoms with Crippen molar-refractivity contribution in [2.24, 2.45) is 0 Å². The Morgan fingerprint density at radius 2 is 1.22 bits per heavy atom. The molecule has 4 aromatic carbocycles. The third-order valence-corrected chi connectivity index (χ3v) is 6.34. The monoisotopic (exact) mass is 448 g/mol. The molecule has 0 atom stereocenters. The van der Waals surface area contributed by atoms with Gasteiger partial charge >= 0.3 is 0 Å². The minimum Gasteiger partial charge on any atom is -0.206 e. The van der Waals surface area contributed by atoms with E-state index in [1.54, 1.807) is 12.1 Å². The number of fused-ring (bicyclic) bond motifs is 1. The van der Waals surface area contributed by atoms with E-state index in [-0.39, 0.29) is 10.8 Å². The highest BCUT2D eigenvalue weighted by Crippen LogP contribution is 2.25. The van der Waals surface area contributed by atoms with Crippen LogP contribution in [0, 0.1) is 11.6 Å². The molecule has 0 amide bonds. The summed E-state index contributed by atoms with van der Waals surface area (Å²) in [4.78, 5) is 0. The first kappa shape index (κ1) is 22.5. The second kappa shape index (κ2) is 10.3. The molecule has 32 heavy (non-hydrogen) atoms. The van der Waals surface area contributed by atoms with Gasteiger partial charge in [-0.2, -0.15) is 0 Å². The molecule has 0 saturated heterocycles. The number of aryl methyl sites for hydroxylation is 5. The number of hydrogen-bond donors (Lipinski definition) is 0. The van der Waals surface area contributed by atoms with Crippen molar-refractivity contribution in [1.82, 2.24) is 0 Å². The van der Waals surface area contributed by atoms with Crippen LogP contribution in [-0.2, 0) is 32.1 Å². The first-order chi connectivity index (χ1) is 15.5. The van der Waals surface area contributed by atoms with Gasteiger partial charge in [0.2, 0.25) is 0 Å². The van der Waals surface area contributed by atoms with Crippen LogP contribution in [0.4, 0.5) is 8.78 Å². The molecule has 0 spiro atoms. The van der Waals surface area contributed by atoms with E-state index in [2.05, 4.69) is 37.3 Å². The van der Waals surface area contributed by atoms with Crippen molar-refractivity contribution in [3.8, 4) is 0 Å². The van der Waals surface area contributed by atoms with Gasteiger partial charge in [-0.05, 0) is 77.4 Å². The topological polar surface area (TPSA) is 0 Å². The van der Waals surface area contributed by atoms with E-state index in [4.69, 9.17) is 11.6 Å². The summed E-state index contributed by atoms with van der Waals surface area (Å²) in [7, 11) is 0. The SMILES string of the molecule is CCCc1ccc(CCc2ccc3c(F)c(CCc4ccc(Cl)c(F)c4)ccc3c2)cc1. The summed E-state index contributed by atoms with van der Waals surface area (Å²) in [5, 5.41) is 1.66. The van der Waals surface area contributed by atoms with Gasteiger partial charge in [0.25, 0.3) is 0 Å². The predicted molar refractivity (Wildman–Crippen MR) is 131 cm³/mol. The van der Waals surface area contributed by atoms with Gasteiger partial charge in [0.05, 0.1) is 5.02 Å². The molecule has 0 radical (unpaired) electrons. The van der Waals surface area contributed by atoms with Crippen LogP contribution in [0.3, 0.4) is 0 Å². The largest absolute Gasteiger partial charge is 0.206 e. The van der Waals surface area contributed by atoms with Gasteiger partial charge in [0.15, 0.2) is 0 Å². The second-order valence-corrected chi connectivity index (χ2v) is 8.82. The Balaban J connectivity index is 1.43. The molecule has 0 N–H and O–H groups in total. The van der Waals surface area contributed by atoms with Gasteiger partial charge in [0, 0.05) is 5.39 Å². The fourth-order valence-corrected chi connectivity index (χ4v) is 4.28. The van der Waals surface area contributed by atoms with Crippen LogP contribution < -0.4 is 0 Å². The lowest BCUT2D eigenvalue weighted by Gasteiger charge is -2.10. The summed E-state index contributed by atoms with van der Waals surface area (Å²) in [5.41, 5.74) is 5.37. The van der Waals surface area contributed by atoms with E-state index in [0.29, 0.717) is 23.8 Å². The molecule has 0 saturated carbocycles. The summed E-state index contributed by atoms with van der Waals surface area (Å²) in [5.74, 6) is -0.623. The van der Waals surface area contributed by atoms with E-state index in [0.717, 1.165) is 36.6 Å². The molecule has 0 nitrogen and oxygen atoms in total. The highest BCUT2D eigenvalue weighted by molar-refractivity contribution is 6.30. The molecule has 0 heterocycles. The molecule has 0 aliphatic heterocycles. The van der Waals surface area contributed by atoms with Gasteiger partial charge in [-0.3, -0.25) is 0 Å². The molecule has 0 aliphatic rings. The van der Waals surface area contributed by atoms with E-state index in [9.17, 15) is 4.39 Å². The maximum atomic E-state index is 15.1. The summed E-state index contributed by atoms with van der Waals surface area (Å²) in [6, 6.07) is 23.4. The normalized spacial score (nSPS) is 11.2. The molecule has 4 aromatic rings. The molecular weight excluding hydrogens is 422 g/mol. The summed E-state index contributed by atoms with van der Waals surface area (Å²) in [6.45, 7) is 2.19. The Bertz CT molecular complexity index is 1210. The van der Waals surface area contributed by atoms with Crippen molar-refractivity contribution in [2.45, 2.75) is 45.4 Å². The van der Waals surface area contributed by atoms with Crippen molar-refractivity contribution >= 4 is 22.4 Å². The van der Waals surface area contributed by atoms with Crippen LogP contribution >= 0.6 is 11.6 Å². The lowest BCUT2D eigenvalue weighted by atomic mass is 9.97. The Labute approximate surface area is 193 Å². The third kappa shape index (κ3) is 5.37. The first-order valence-corrected chi connectivity index (χ1v) is 11.6. The van der Waals surface area contributed by atoms with Gasteiger partial charge in [-0.15, -0.1) is 0 Å². The quantitative estimate of drug-likeness (QED) is 0.254. The van der Waals surface area contributed by atoms with Crippen LogP contribution in [-0.4, -0.2) is 0 Å². The molecular formula is C29H27ClF2. The molecule has 3 heteroatoms. The summed E-state index contributed by atoms with van der Waals surface area (Å²) >= 11 is 5.74. The Kier molecular flexibility index (Phi) is 7.22. The average molecular weight is 449 g/mol. The maximum absolute atomic E-state index is 15.1. The third-order valence-electron chi connectivity index (χ3n) is 6.03. The molecule has 0 aliphatic carbocycles. The second-order valence-electron chi connectivity index (χ2n) is 8.41. The maximum Gasteiger partial charge on any atom is 0.142 e. The van der Waals surface area contributed by atoms with E-state index >= 15 is 4.39 Å². The van der Waals surface area contributed by atoms with E-state index in [1.165, 1.54) is 22.8 Å². The number of benzene rings is 4. The van der Waals surface area contributed by atoms with Crippen molar-refractivity contribution in [1.29, 1.82) is 0 Å². The van der Waals surface area contributed by atoms with Crippen LogP contribution in [0.2, 0.25) is 5.02 Å². The minimum atomic E-state index is -0.437. The fourth-order valence-electron chi connectivity index (χ4n) is 4.16. The van der Waals surface area contributed by atoms with Gasteiger partial charge in [-0.1, -0.05) is 85.6 Å². The van der Waals surface area contributed by atoms with Crippen molar-refractivity contribution in [2.75, 3.05) is 0 Å². The number of rotatable bonds is 8. The van der Waals surface area contributed by atoms with Crippen molar-refractivity contribution < 1.29 is 8.78 Å². The van der Waals surface area contributed by atoms with Gasteiger partial charge < -0.3 is 0 Å². The zero-order chi connectivity index (χ0) is 22.5. The van der Waals surface area contributed by atoms with E-state index < -0.39 is 5.82 Å². The Hall–Kier alpha value is -2.71. The first-order valence-electron chi connectivity index (χ1n) is 11.2. The molecule has 164 valence electrons.